The number of morpholine rings is 1. The first-order valence-corrected chi connectivity index (χ1v) is 9.99. The van der Waals surface area contributed by atoms with Crippen molar-refractivity contribution in [2.75, 3.05) is 31.7 Å². The topological polar surface area (TPSA) is 114 Å². The Morgan fingerprint density at radius 1 is 1.35 bits per heavy atom. The van der Waals surface area contributed by atoms with Crippen LogP contribution >= 0.6 is 0 Å². The highest BCUT2D eigenvalue weighted by molar-refractivity contribution is 7.89. The van der Waals surface area contributed by atoms with E-state index in [1.807, 2.05) is 13.8 Å². The fraction of sp³-hybridized carbons (Fsp3) is 0.562. The normalized spacial score (nSPS) is 16.3. The highest BCUT2D eigenvalue weighted by atomic mass is 32.2. The number of hydrogen-bond acceptors (Lipinski definition) is 7. The molecule has 144 valence electrons. The van der Waals surface area contributed by atoms with Crippen molar-refractivity contribution in [2.24, 2.45) is 11.0 Å². The highest BCUT2D eigenvalue weighted by Gasteiger charge is 2.30. The van der Waals surface area contributed by atoms with Crippen molar-refractivity contribution in [1.82, 2.24) is 4.31 Å². The van der Waals surface area contributed by atoms with Crippen LogP contribution in [0, 0.1) is 16.0 Å². The second-order valence-electron chi connectivity index (χ2n) is 5.92. The van der Waals surface area contributed by atoms with Crippen molar-refractivity contribution in [3.05, 3.63) is 28.3 Å². The number of benzene rings is 1. The number of nitro benzene ring substituents is 1. The molecule has 1 N–H and O–H groups in total. The van der Waals surface area contributed by atoms with E-state index in [1.54, 1.807) is 6.21 Å². The highest BCUT2D eigenvalue weighted by Crippen LogP contribution is 2.29. The summed E-state index contributed by atoms with van der Waals surface area (Å²) in [5, 5.41) is 15.2. The number of ether oxygens (including phenoxy) is 1. The lowest BCUT2D eigenvalue weighted by Gasteiger charge is -2.26. The first-order valence-electron chi connectivity index (χ1n) is 8.55. The predicted molar refractivity (Wildman–Crippen MR) is 98.9 cm³/mol. The first kappa shape index (κ1) is 20.3. The third kappa shape index (κ3) is 4.77. The van der Waals surface area contributed by atoms with Crippen LogP contribution < -0.4 is 5.43 Å². The molecule has 26 heavy (non-hydrogen) atoms. The lowest BCUT2D eigenvalue weighted by Crippen LogP contribution is -2.40. The molecular weight excluding hydrogens is 360 g/mol. The van der Waals surface area contributed by atoms with Gasteiger partial charge in [-0.3, -0.25) is 15.5 Å². The monoisotopic (exact) mass is 384 g/mol. The quantitative estimate of drug-likeness (QED) is 0.418. The molecule has 1 heterocycles. The molecule has 2 rings (SSSR count). The molecule has 0 radical (unpaired) electrons. The summed E-state index contributed by atoms with van der Waals surface area (Å²) < 4.78 is 32.4. The molecule has 1 aromatic rings. The van der Waals surface area contributed by atoms with Gasteiger partial charge in [0.05, 0.1) is 23.8 Å². The summed E-state index contributed by atoms with van der Waals surface area (Å²) in [5.41, 5.74) is 2.66. The molecule has 0 amide bonds. The van der Waals surface area contributed by atoms with Crippen molar-refractivity contribution in [3.8, 4) is 0 Å². The van der Waals surface area contributed by atoms with Gasteiger partial charge in [0.15, 0.2) is 0 Å². The van der Waals surface area contributed by atoms with Gasteiger partial charge in [-0.15, -0.1) is 0 Å². The van der Waals surface area contributed by atoms with Crippen LogP contribution in [0.25, 0.3) is 0 Å². The Bertz CT molecular complexity index is 756. The fourth-order valence-corrected chi connectivity index (χ4v) is 4.14. The molecule has 9 nitrogen and oxygen atoms in total. The van der Waals surface area contributed by atoms with Gasteiger partial charge < -0.3 is 4.74 Å². The molecule has 0 bridgehead atoms. The SMILES string of the molecule is CCC(/C=N/Nc1ccc([N+](=O)[O-])cc1S(=O)(=O)N1CCOCC1)CC. The van der Waals surface area contributed by atoms with E-state index in [0.29, 0.717) is 13.2 Å². The maximum absolute atomic E-state index is 12.9. The molecule has 0 saturated carbocycles. The maximum atomic E-state index is 12.9. The van der Waals surface area contributed by atoms with Crippen molar-refractivity contribution < 1.29 is 18.1 Å². The molecule has 1 aliphatic rings. The zero-order chi connectivity index (χ0) is 19.2. The van der Waals surface area contributed by atoms with Crippen molar-refractivity contribution >= 4 is 27.6 Å². The van der Waals surface area contributed by atoms with E-state index in [-0.39, 0.29) is 35.3 Å². The van der Waals surface area contributed by atoms with Crippen molar-refractivity contribution in [1.29, 1.82) is 0 Å². The van der Waals surface area contributed by atoms with Crippen LogP contribution in [0.2, 0.25) is 0 Å². The molecular formula is C16H24N4O5S. The van der Waals surface area contributed by atoms with Crippen LogP contribution in [0.5, 0.6) is 0 Å². The lowest BCUT2D eigenvalue weighted by atomic mass is 10.1. The average Bonchev–Trinajstić information content (AvgIpc) is 2.66. The zero-order valence-electron chi connectivity index (χ0n) is 14.9. The minimum Gasteiger partial charge on any atom is -0.379 e. The predicted octanol–water partition coefficient (Wildman–Crippen LogP) is 2.45. The summed E-state index contributed by atoms with van der Waals surface area (Å²) in [7, 11) is -3.90. The molecule has 0 atom stereocenters. The standard InChI is InChI=1S/C16H24N4O5S/c1-3-13(4-2)12-17-18-15-6-5-14(20(21)22)11-16(15)26(23,24)19-7-9-25-10-8-19/h5-6,11-13,18H,3-4,7-10H2,1-2H3/b17-12+. The Morgan fingerprint density at radius 2 is 2.00 bits per heavy atom. The summed E-state index contributed by atoms with van der Waals surface area (Å²) in [6.45, 7) is 5.09. The second-order valence-corrected chi connectivity index (χ2v) is 7.83. The molecule has 1 fully saturated rings. The number of anilines is 1. The van der Waals surface area contributed by atoms with Crippen LogP contribution in [0.3, 0.4) is 0 Å². The van der Waals surface area contributed by atoms with Crippen LogP contribution in [0.15, 0.2) is 28.2 Å². The van der Waals surface area contributed by atoms with Gasteiger partial charge >= 0.3 is 0 Å². The van der Waals surface area contributed by atoms with Gasteiger partial charge in [0.25, 0.3) is 5.69 Å². The Balaban J connectivity index is 2.37. The Morgan fingerprint density at radius 3 is 2.58 bits per heavy atom. The number of nitrogens with zero attached hydrogens (tertiary/aromatic N) is 3. The Hall–Kier alpha value is -2.04. The van der Waals surface area contributed by atoms with E-state index in [0.717, 1.165) is 18.9 Å². The fourth-order valence-electron chi connectivity index (χ4n) is 2.57. The van der Waals surface area contributed by atoms with E-state index in [4.69, 9.17) is 4.74 Å². The number of non-ortho nitro benzene ring substituents is 1. The van der Waals surface area contributed by atoms with E-state index in [1.165, 1.54) is 16.4 Å². The summed E-state index contributed by atoms with van der Waals surface area (Å²) >= 11 is 0. The largest absolute Gasteiger partial charge is 0.379 e. The third-order valence-electron chi connectivity index (χ3n) is 4.28. The number of rotatable bonds is 8. The average molecular weight is 384 g/mol. The summed E-state index contributed by atoms with van der Waals surface area (Å²) in [6, 6.07) is 3.70. The molecule has 1 saturated heterocycles. The first-order chi connectivity index (χ1) is 12.4. The summed E-state index contributed by atoms with van der Waals surface area (Å²) in [4.78, 5) is 10.3. The van der Waals surface area contributed by atoms with Crippen LogP contribution in [0.4, 0.5) is 11.4 Å². The van der Waals surface area contributed by atoms with Crippen LogP contribution in [-0.2, 0) is 14.8 Å². The number of sulfonamides is 1. The maximum Gasteiger partial charge on any atom is 0.270 e. The summed E-state index contributed by atoms with van der Waals surface area (Å²) in [5.74, 6) is 0.278. The van der Waals surface area contributed by atoms with Crippen LogP contribution in [0.1, 0.15) is 26.7 Å². The van der Waals surface area contributed by atoms with E-state index in [2.05, 4.69) is 10.5 Å². The summed E-state index contributed by atoms with van der Waals surface area (Å²) in [6.07, 6.45) is 3.56. The Kier molecular flexibility index (Phi) is 7.06. The minimum absolute atomic E-state index is 0.157. The van der Waals surface area contributed by atoms with Gasteiger partial charge in [-0.05, 0) is 24.8 Å². The number of nitrogens with one attached hydrogen (secondary N) is 1. The Labute approximate surface area is 153 Å². The van der Waals surface area contributed by atoms with Gasteiger partial charge in [-0.25, -0.2) is 8.42 Å². The van der Waals surface area contributed by atoms with Gasteiger partial charge in [0.1, 0.15) is 4.90 Å². The molecule has 0 unspecified atom stereocenters. The van der Waals surface area contributed by atoms with Gasteiger partial charge in [0, 0.05) is 31.4 Å². The van der Waals surface area contributed by atoms with Gasteiger partial charge in [-0.2, -0.15) is 9.41 Å². The number of nitro groups is 1. The van der Waals surface area contributed by atoms with Gasteiger partial charge in [-0.1, -0.05) is 13.8 Å². The smallest absolute Gasteiger partial charge is 0.270 e. The molecule has 0 aromatic heterocycles. The lowest BCUT2D eigenvalue weighted by molar-refractivity contribution is -0.385. The third-order valence-corrected chi connectivity index (χ3v) is 6.22. The van der Waals surface area contributed by atoms with Crippen LogP contribution in [-0.4, -0.2) is 50.2 Å². The molecule has 0 spiro atoms. The van der Waals surface area contributed by atoms with E-state index in [9.17, 15) is 18.5 Å². The zero-order valence-corrected chi connectivity index (χ0v) is 15.7. The van der Waals surface area contributed by atoms with E-state index >= 15 is 0 Å². The van der Waals surface area contributed by atoms with Crippen molar-refractivity contribution in [2.45, 2.75) is 31.6 Å². The van der Waals surface area contributed by atoms with E-state index < -0.39 is 14.9 Å². The number of hydrogen-bond donors (Lipinski definition) is 1. The molecule has 10 heteroatoms. The van der Waals surface area contributed by atoms with Gasteiger partial charge in [0.2, 0.25) is 10.0 Å². The molecule has 1 aliphatic heterocycles. The number of hydrazone groups is 1. The minimum atomic E-state index is -3.90. The molecule has 1 aromatic carbocycles. The molecule has 0 aliphatic carbocycles. The second kappa shape index (κ2) is 9.06. The van der Waals surface area contributed by atoms with Crippen molar-refractivity contribution in [3.63, 3.8) is 0 Å².